The molecule has 36 heavy (non-hydrogen) atoms. The number of allylic oxidation sites excluding steroid dienone is 1. The van der Waals surface area contributed by atoms with Crippen LogP contribution in [0.1, 0.15) is 45.2 Å². The monoisotopic (exact) mass is 492 g/mol. The van der Waals surface area contributed by atoms with Gasteiger partial charge in [-0.3, -0.25) is 9.78 Å². The van der Waals surface area contributed by atoms with Gasteiger partial charge >= 0.3 is 12.1 Å². The van der Waals surface area contributed by atoms with Gasteiger partial charge in [0.25, 0.3) is 0 Å². The number of aromatic nitrogens is 1. The first-order valence-electron chi connectivity index (χ1n) is 13.0. The Labute approximate surface area is 211 Å². The van der Waals surface area contributed by atoms with E-state index in [-0.39, 0.29) is 47.8 Å². The summed E-state index contributed by atoms with van der Waals surface area (Å²) >= 11 is 0. The van der Waals surface area contributed by atoms with Gasteiger partial charge in [0.1, 0.15) is 11.9 Å². The highest BCUT2D eigenvalue weighted by atomic mass is 19.1. The molecule has 0 radical (unpaired) electrons. The first kappa shape index (κ1) is 24.5. The van der Waals surface area contributed by atoms with Crippen LogP contribution in [0, 0.1) is 35.4 Å². The molecule has 2 heterocycles. The van der Waals surface area contributed by atoms with Crippen LogP contribution in [0.3, 0.4) is 0 Å². The van der Waals surface area contributed by atoms with E-state index < -0.39 is 0 Å². The van der Waals surface area contributed by atoms with Gasteiger partial charge in [0.15, 0.2) is 0 Å². The number of cyclic esters (lactones) is 1. The van der Waals surface area contributed by atoms with Gasteiger partial charge in [-0.2, -0.15) is 0 Å². The molecule has 3 fully saturated rings. The molecule has 1 aromatic heterocycles. The maximum Gasteiger partial charge on any atom is 0.407 e. The van der Waals surface area contributed by atoms with Gasteiger partial charge in [0.2, 0.25) is 0 Å². The SMILES string of the molecule is CCOC(=O)NC1CC[C@@H]2[C@@H](C1)C[C@H]1C(=O)O[C@H](C)[C@H]1[C@H]2/C=C/c1ccc(-c2cccc(F)c2)cn1. The topological polar surface area (TPSA) is 77.5 Å². The highest BCUT2D eigenvalue weighted by Crippen LogP contribution is 2.53. The third kappa shape index (κ3) is 5.01. The summed E-state index contributed by atoms with van der Waals surface area (Å²) in [6, 6.07) is 10.4. The number of hydrogen-bond acceptors (Lipinski definition) is 5. The van der Waals surface area contributed by atoms with Crippen molar-refractivity contribution >= 4 is 18.1 Å². The highest BCUT2D eigenvalue weighted by Gasteiger charge is 2.54. The summed E-state index contributed by atoms with van der Waals surface area (Å²) in [5, 5.41) is 3.00. The molecule has 7 atom stereocenters. The number of fused-ring (bicyclic) bond motifs is 2. The Balaban J connectivity index is 1.34. The summed E-state index contributed by atoms with van der Waals surface area (Å²) < 4.78 is 24.3. The average molecular weight is 493 g/mol. The fourth-order valence-corrected chi connectivity index (χ4v) is 6.64. The number of carbonyl (C=O) groups is 2. The number of esters is 1. The van der Waals surface area contributed by atoms with E-state index in [4.69, 9.17) is 9.47 Å². The van der Waals surface area contributed by atoms with Gasteiger partial charge in [0.05, 0.1) is 18.2 Å². The number of nitrogens with zero attached hydrogens (tertiary/aromatic N) is 1. The van der Waals surface area contributed by atoms with Gasteiger partial charge in [-0.1, -0.05) is 24.3 Å². The van der Waals surface area contributed by atoms with Gasteiger partial charge in [-0.05, 0) is 87.1 Å². The molecule has 5 rings (SSSR count). The van der Waals surface area contributed by atoms with Crippen LogP contribution in [0.4, 0.5) is 9.18 Å². The predicted molar refractivity (Wildman–Crippen MR) is 134 cm³/mol. The Kier molecular flexibility index (Phi) is 7.08. The van der Waals surface area contributed by atoms with Crippen molar-refractivity contribution in [3.63, 3.8) is 0 Å². The molecule has 1 unspecified atom stereocenters. The number of nitrogens with one attached hydrogen (secondary N) is 1. The lowest BCUT2D eigenvalue weighted by Crippen LogP contribution is -2.48. The van der Waals surface area contributed by atoms with E-state index in [1.165, 1.54) is 12.1 Å². The normalized spacial score (nSPS) is 31.4. The quantitative estimate of drug-likeness (QED) is 0.548. The molecule has 7 heteroatoms. The Morgan fingerprint density at radius 1 is 1.22 bits per heavy atom. The maximum atomic E-state index is 13.6. The van der Waals surface area contributed by atoms with Crippen LogP contribution in [0.2, 0.25) is 0 Å². The summed E-state index contributed by atoms with van der Waals surface area (Å²) in [6.45, 7) is 4.15. The predicted octanol–water partition coefficient (Wildman–Crippen LogP) is 5.63. The second-order valence-electron chi connectivity index (χ2n) is 10.3. The first-order valence-corrected chi connectivity index (χ1v) is 13.0. The molecule has 1 amide bonds. The highest BCUT2D eigenvalue weighted by molar-refractivity contribution is 5.75. The molecule has 1 aliphatic heterocycles. The van der Waals surface area contributed by atoms with Crippen molar-refractivity contribution in [3.05, 3.63) is 60.2 Å². The minimum absolute atomic E-state index is 0.0679. The van der Waals surface area contributed by atoms with E-state index >= 15 is 0 Å². The van der Waals surface area contributed by atoms with Crippen molar-refractivity contribution < 1.29 is 23.5 Å². The van der Waals surface area contributed by atoms with Gasteiger partial charge in [-0.15, -0.1) is 0 Å². The van der Waals surface area contributed by atoms with Crippen molar-refractivity contribution in [2.75, 3.05) is 6.61 Å². The van der Waals surface area contributed by atoms with Crippen LogP contribution < -0.4 is 5.32 Å². The molecule has 1 aromatic carbocycles. The second kappa shape index (κ2) is 10.4. The minimum atomic E-state index is -0.368. The fraction of sp³-hybridized carbons (Fsp3) is 0.483. The number of benzene rings is 1. The first-order chi connectivity index (χ1) is 17.4. The number of amides is 1. The Morgan fingerprint density at radius 2 is 2.08 bits per heavy atom. The molecule has 2 aliphatic carbocycles. The number of ether oxygens (including phenoxy) is 2. The summed E-state index contributed by atoms with van der Waals surface area (Å²) in [6.07, 6.45) is 9.07. The Hall–Kier alpha value is -3.22. The van der Waals surface area contributed by atoms with E-state index in [1.54, 1.807) is 19.2 Å². The molecular formula is C29H33FN2O4. The lowest BCUT2D eigenvalue weighted by Gasteiger charge is -2.47. The number of rotatable bonds is 5. The van der Waals surface area contributed by atoms with Crippen molar-refractivity contribution in [2.24, 2.45) is 29.6 Å². The van der Waals surface area contributed by atoms with Crippen LogP contribution >= 0.6 is 0 Å². The number of hydrogen-bond donors (Lipinski definition) is 1. The molecule has 0 spiro atoms. The molecule has 2 aromatic rings. The zero-order chi connectivity index (χ0) is 25.2. The Morgan fingerprint density at radius 3 is 2.83 bits per heavy atom. The van der Waals surface area contributed by atoms with E-state index in [1.807, 2.05) is 31.2 Å². The standard InChI is InChI=1S/C29H33FN2O4/c1-3-35-29(34)32-23-10-11-24-20(14-23)15-26-27(17(2)36-28(26)33)25(24)12-9-22-8-7-19(16-31-22)18-5-4-6-21(30)13-18/h4-9,12-13,16-17,20,23-27H,3,10-11,14-15H2,1-2H3,(H,32,34)/b12-9+/t17-,20+,23?,24-,25+,26-,27+/m1/s1. The zero-order valence-electron chi connectivity index (χ0n) is 20.7. The van der Waals surface area contributed by atoms with Crippen LogP contribution in [0.5, 0.6) is 0 Å². The van der Waals surface area contributed by atoms with Crippen LogP contribution in [-0.4, -0.2) is 35.8 Å². The van der Waals surface area contributed by atoms with Gasteiger partial charge in [-0.25, -0.2) is 9.18 Å². The molecule has 6 nitrogen and oxygen atoms in total. The van der Waals surface area contributed by atoms with E-state index in [0.717, 1.165) is 42.5 Å². The van der Waals surface area contributed by atoms with E-state index in [0.29, 0.717) is 18.4 Å². The molecule has 0 bridgehead atoms. The van der Waals surface area contributed by atoms with Crippen LogP contribution in [0.15, 0.2) is 48.7 Å². The van der Waals surface area contributed by atoms with Crippen LogP contribution in [0.25, 0.3) is 17.2 Å². The third-order valence-corrected chi connectivity index (χ3v) is 8.18. The third-order valence-electron chi connectivity index (χ3n) is 8.18. The smallest absolute Gasteiger partial charge is 0.407 e. The summed E-state index contributed by atoms with van der Waals surface area (Å²) in [5.41, 5.74) is 2.48. The second-order valence-corrected chi connectivity index (χ2v) is 10.3. The fourth-order valence-electron chi connectivity index (χ4n) is 6.64. The van der Waals surface area contributed by atoms with Crippen molar-refractivity contribution in [2.45, 2.75) is 51.7 Å². The summed E-state index contributed by atoms with van der Waals surface area (Å²) in [7, 11) is 0. The van der Waals surface area contributed by atoms with Crippen LogP contribution in [-0.2, 0) is 14.3 Å². The zero-order valence-corrected chi connectivity index (χ0v) is 20.7. The molecule has 1 saturated heterocycles. The summed E-state index contributed by atoms with van der Waals surface area (Å²) in [5.74, 6) is 0.629. The van der Waals surface area contributed by atoms with Gasteiger partial charge in [0, 0.05) is 23.7 Å². The number of halogens is 1. The molecule has 1 N–H and O–H groups in total. The van der Waals surface area contributed by atoms with Crippen molar-refractivity contribution in [1.82, 2.24) is 10.3 Å². The lowest BCUT2D eigenvalue weighted by atomic mass is 9.57. The number of carbonyl (C=O) groups excluding carboxylic acids is 2. The van der Waals surface area contributed by atoms with Crippen molar-refractivity contribution in [3.8, 4) is 11.1 Å². The maximum absolute atomic E-state index is 13.6. The van der Waals surface area contributed by atoms with E-state index in [2.05, 4.69) is 16.4 Å². The lowest BCUT2D eigenvalue weighted by molar-refractivity contribution is -0.144. The molecular weight excluding hydrogens is 459 g/mol. The Bertz CT molecular complexity index is 1130. The minimum Gasteiger partial charge on any atom is -0.462 e. The molecule has 2 saturated carbocycles. The average Bonchev–Trinajstić information content (AvgIpc) is 3.15. The number of pyridine rings is 1. The largest absolute Gasteiger partial charge is 0.462 e. The molecule has 3 aliphatic rings. The van der Waals surface area contributed by atoms with E-state index in [9.17, 15) is 14.0 Å². The van der Waals surface area contributed by atoms with Gasteiger partial charge < -0.3 is 14.8 Å². The number of alkyl carbamates (subject to hydrolysis) is 1. The van der Waals surface area contributed by atoms with Crippen molar-refractivity contribution in [1.29, 1.82) is 0 Å². The molecule has 190 valence electrons. The summed E-state index contributed by atoms with van der Waals surface area (Å²) in [4.78, 5) is 29.2.